The van der Waals surface area contributed by atoms with Gasteiger partial charge in [-0.25, -0.2) is 4.79 Å². The van der Waals surface area contributed by atoms with Gasteiger partial charge in [-0.2, -0.15) is 0 Å². The summed E-state index contributed by atoms with van der Waals surface area (Å²) in [6, 6.07) is 8.85. The average Bonchev–Trinajstić information content (AvgIpc) is 2.94. The number of ether oxygens (including phenoxy) is 2. The van der Waals surface area contributed by atoms with Crippen LogP contribution in [0.15, 0.2) is 36.5 Å². The Balaban J connectivity index is 2.03. The van der Waals surface area contributed by atoms with Crippen LogP contribution in [0, 0.1) is 0 Å². The first-order chi connectivity index (χ1) is 10.6. The van der Waals surface area contributed by atoms with Crippen molar-refractivity contribution < 1.29 is 14.3 Å². The van der Waals surface area contributed by atoms with E-state index in [2.05, 4.69) is 14.2 Å². The zero-order valence-corrected chi connectivity index (χ0v) is 13.7. The van der Waals surface area contributed by atoms with Gasteiger partial charge in [0.25, 0.3) is 0 Å². The number of nitrogens with zero attached hydrogens (tertiary/aromatic N) is 1. The Bertz CT molecular complexity index is 863. The topological polar surface area (TPSA) is 74.4 Å². The van der Waals surface area contributed by atoms with Crippen LogP contribution < -0.4 is 15.8 Å². The lowest BCUT2D eigenvalue weighted by Gasteiger charge is -2.09. The van der Waals surface area contributed by atoms with Gasteiger partial charge in [0.05, 0.1) is 17.3 Å². The molecule has 3 aromatic rings. The van der Waals surface area contributed by atoms with Gasteiger partial charge in [-0.05, 0) is 24.3 Å². The van der Waals surface area contributed by atoms with E-state index in [1.165, 1.54) is 18.4 Å². The smallest absolute Gasteiger partial charge is 0.348 e. The molecule has 0 aliphatic rings. The summed E-state index contributed by atoms with van der Waals surface area (Å²) in [5.41, 5.74) is 7.10. The van der Waals surface area contributed by atoms with Gasteiger partial charge >= 0.3 is 5.97 Å². The van der Waals surface area contributed by atoms with E-state index < -0.39 is 0 Å². The van der Waals surface area contributed by atoms with Crippen molar-refractivity contribution in [2.75, 3.05) is 12.8 Å². The van der Waals surface area contributed by atoms with E-state index in [-0.39, 0.29) is 5.97 Å². The van der Waals surface area contributed by atoms with Crippen molar-refractivity contribution in [1.29, 1.82) is 0 Å². The second kappa shape index (κ2) is 5.91. The van der Waals surface area contributed by atoms with Gasteiger partial charge < -0.3 is 15.2 Å². The minimum Gasteiger partial charge on any atom is -0.465 e. The highest BCUT2D eigenvalue weighted by atomic mass is 32.1. The second-order valence-electron chi connectivity index (χ2n) is 4.53. The van der Waals surface area contributed by atoms with E-state index in [1.807, 2.05) is 6.07 Å². The van der Waals surface area contributed by atoms with E-state index in [0.29, 0.717) is 27.6 Å². The summed E-state index contributed by atoms with van der Waals surface area (Å²) in [4.78, 5) is 16.4. The van der Waals surface area contributed by atoms with Crippen molar-refractivity contribution in [1.82, 2.24) is 4.98 Å². The van der Waals surface area contributed by atoms with Gasteiger partial charge in [0, 0.05) is 23.3 Å². The molecule has 1 unspecified atom stereocenters. The van der Waals surface area contributed by atoms with Crippen LogP contribution >= 0.6 is 20.6 Å². The molecule has 1 atom stereocenters. The number of pyridine rings is 1. The molecule has 0 radical (unpaired) electrons. The van der Waals surface area contributed by atoms with Crippen molar-refractivity contribution in [3.8, 4) is 11.5 Å². The van der Waals surface area contributed by atoms with E-state index in [9.17, 15) is 4.79 Å². The molecule has 2 N–H and O–H groups in total. The molecule has 2 heterocycles. The van der Waals surface area contributed by atoms with Gasteiger partial charge in [-0.3, -0.25) is 4.98 Å². The fraction of sp³-hybridized carbons (Fsp3) is 0.0667. The minimum absolute atomic E-state index is 0.381. The molecule has 7 heteroatoms. The summed E-state index contributed by atoms with van der Waals surface area (Å²) in [5, 5.41) is 0.856. The number of nitrogens with two attached hydrogens (primary N) is 1. The van der Waals surface area contributed by atoms with Gasteiger partial charge in [-0.15, -0.1) is 20.6 Å². The number of nitrogen functional groups attached to an aromatic ring is 1. The zero-order valence-electron chi connectivity index (χ0n) is 11.7. The Kier molecular flexibility index (Phi) is 3.96. The molecule has 5 nitrogen and oxygen atoms in total. The number of fused-ring (bicyclic) bond motifs is 1. The molecule has 1 aromatic carbocycles. The lowest BCUT2D eigenvalue weighted by atomic mass is 10.3. The number of hydrogen-bond donors (Lipinski definition) is 1. The fourth-order valence-corrected chi connectivity index (χ4v) is 3.31. The number of thiophene rings is 1. The highest BCUT2D eigenvalue weighted by molar-refractivity contribution is 7.27. The number of rotatable bonds is 3. The number of aromatic nitrogens is 1. The zero-order chi connectivity index (χ0) is 15.7. The maximum Gasteiger partial charge on any atom is 0.348 e. The molecule has 0 aliphatic carbocycles. The van der Waals surface area contributed by atoms with E-state index in [4.69, 9.17) is 15.2 Å². The predicted molar refractivity (Wildman–Crippen MR) is 91.2 cm³/mol. The molecule has 0 amide bonds. The molecule has 0 spiro atoms. The van der Waals surface area contributed by atoms with Gasteiger partial charge in [0.15, 0.2) is 0 Å². The molecule has 0 saturated heterocycles. The first kappa shape index (κ1) is 14.8. The molecule has 3 rings (SSSR count). The van der Waals surface area contributed by atoms with Crippen LogP contribution in [-0.2, 0) is 4.74 Å². The summed E-state index contributed by atoms with van der Waals surface area (Å²) < 4.78 is 11.5. The van der Waals surface area contributed by atoms with Gasteiger partial charge in [0.2, 0.25) is 0 Å². The molecular formula is C15H13N2O3PS. The Morgan fingerprint density at radius 2 is 2.09 bits per heavy atom. The van der Waals surface area contributed by atoms with Crippen molar-refractivity contribution in [3.05, 3.63) is 41.4 Å². The summed E-state index contributed by atoms with van der Waals surface area (Å²) in [5.74, 6) is 0.937. The van der Waals surface area contributed by atoms with E-state index >= 15 is 0 Å². The summed E-state index contributed by atoms with van der Waals surface area (Å²) in [6.45, 7) is 0. The normalized spacial score (nSPS) is 10.6. The summed E-state index contributed by atoms with van der Waals surface area (Å²) in [6.07, 6.45) is 1.64. The van der Waals surface area contributed by atoms with Crippen LogP contribution in [0.1, 0.15) is 9.67 Å². The Morgan fingerprint density at radius 3 is 2.82 bits per heavy atom. The van der Waals surface area contributed by atoms with Gasteiger partial charge in [-0.1, -0.05) is 0 Å². The Labute approximate surface area is 133 Å². The van der Waals surface area contributed by atoms with Crippen LogP contribution in [0.3, 0.4) is 0 Å². The molecular weight excluding hydrogens is 319 g/mol. The molecule has 0 bridgehead atoms. The quantitative estimate of drug-likeness (QED) is 0.453. The number of carbonyl (C=O) groups excluding carboxylic acids is 1. The number of anilines is 1. The third kappa shape index (κ3) is 2.75. The standard InChI is InChI=1S/C15H13N2O3PS/c1-19-15(18)13-7-9-14(22-13)11(4-5-17-9)20-10-3-2-8(16)6-12(10)21/h2-7H,16,21H2,1H3. The largest absolute Gasteiger partial charge is 0.465 e. The van der Waals surface area contributed by atoms with Crippen LogP contribution in [0.5, 0.6) is 11.5 Å². The van der Waals surface area contributed by atoms with Crippen molar-refractivity contribution in [2.45, 2.75) is 0 Å². The Morgan fingerprint density at radius 1 is 1.27 bits per heavy atom. The fourth-order valence-electron chi connectivity index (χ4n) is 1.97. The van der Waals surface area contributed by atoms with E-state index in [0.717, 1.165) is 10.0 Å². The molecule has 0 aliphatic heterocycles. The first-order valence-electron chi connectivity index (χ1n) is 6.38. The molecule has 112 valence electrons. The average molecular weight is 332 g/mol. The number of esters is 1. The summed E-state index contributed by atoms with van der Waals surface area (Å²) in [7, 11) is 3.94. The molecule has 22 heavy (non-hydrogen) atoms. The van der Waals surface area contributed by atoms with Crippen molar-refractivity contribution in [3.63, 3.8) is 0 Å². The predicted octanol–water partition coefficient (Wildman–Crippen LogP) is 2.96. The molecule has 0 fully saturated rings. The first-order valence-corrected chi connectivity index (χ1v) is 7.77. The monoisotopic (exact) mass is 332 g/mol. The number of carbonyl (C=O) groups is 1. The summed E-state index contributed by atoms with van der Waals surface area (Å²) >= 11 is 1.29. The third-order valence-electron chi connectivity index (χ3n) is 3.02. The molecule has 2 aromatic heterocycles. The van der Waals surface area contributed by atoms with Crippen LogP contribution in [0.25, 0.3) is 10.2 Å². The van der Waals surface area contributed by atoms with E-state index in [1.54, 1.807) is 30.5 Å². The highest BCUT2D eigenvalue weighted by Crippen LogP contribution is 2.35. The van der Waals surface area contributed by atoms with Gasteiger partial charge in [0.1, 0.15) is 16.4 Å². The van der Waals surface area contributed by atoms with Crippen LogP contribution in [0.2, 0.25) is 0 Å². The highest BCUT2D eigenvalue weighted by Gasteiger charge is 2.15. The number of benzene rings is 1. The maximum atomic E-state index is 11.6. The third-order valence-corrected chi connectivity index (χ3v) is 4.59. The minimum atomic E-state index is -0.381. The maximum absolute atomic E-state index is 11.6. The van der Waals surface area contributed by atoms with Crippen LogP contribution in [-0.4, -0.2) is 18.1 Å². The SMILES string of the molecule is COC(=O)c1cc2nccc(Oc3ccc(N)cc3P)c2s1. The molecule has 0 saturated carbocycles. The lowest BCUT2D eigenvalue weighted by molar-refractivity contribution is 0.0606. The second-order valence-corrected chi connectivity index (χ2v) is 6.20. The number of methoxy groups -OCH3 is 1. The number of hydrogen-bond acceptors (Lipinski definition) is 6. The Hall–Kier alpha value is -2.17. The van der Waals surface area contributed by atoms with Crippen molar-refractivity contribution in [2.24, 2.45) is 0 Å². The van der Waals surface area contributed by atoms with Crippen LogP contribution in [0.4, 0.5) is 5.69 Å². The van der Waals surface area contributed by atoms with Crippen molar-refractivity contribution >= 4 is 47.8 Å². The lowest BCUT2D eigenvalue weighted by Crippen LogP contribution is -2.00.